The maximum absolute atomic E-state index is 15.0. The standard InChI is InChI=1S/C26H39FO3/c1-5-7-16-15-26(4)17(14-22(16)28)8-9-18-19-10-11-21(23(27)24(29)30-6-2)25(19,3)13-12-20(18)26/h8,16,18-20,22,28H,5-7,9-15H2,1-4H3/t16-,18+,19+,20+,22-,25+,26+/m1/s1. The minimum Gasteiger partial charge on any atom is -0.461 e. The van der Waals surface area contributed by atoms with Gasteiger partial charge in [-0.1, -0.05) is 38.8 Å². The summed E-state index contributed by atoms with van der Waals surface area (Å²) in [5.41, 5.74) is 2.12. The third-order valence-corrected chi connectivity index (χ3v) is 9.45. The van der Waals surface area contributed by atoms with Crippen LogP contribution >= 0.6 is 0 Å². The topological polar surface area (TPSA) is 46.5 Å². The fourth-order valence-corrected chi connectivity index (χ4v) is 7.98. The Hall–Kier alpha value is -1.16. The van der Waals surface area contributed by atoms with Crippen molar-refractivity contribution in [2.24, 2.45) is 34.5 Å². The van der Waals surface area contributed by atoms with E-state index in [1.165, 1.54) is 5.57 Å². The van der Waals surface area contributed by atoms with E-state index in [2.05, 4.69) is 26.8 Å². The molecule has 0 aromatic carbocycles. The Morgan fingerprint density at radius 1 is 1.23 bits per heavy atom. The Kier molecular flexibility index (Phi) is 5.93. The normalized spacial score (nSPS) is 44.5. The Balaban J connectivity index is 1.63. The van der Waals surface area contributed by atoms with Crippen LogP contribution < -0.4 is 0 Å². The number of allylic oxidation sites excluding steroid dienone is 2. The summed E-state index contributed by atoms with van der Waals surface area (Å²) in [6.07, 6.45) is 11.1. The van der Waals surface area contributed by atoms with E-state index in [1.54, 1.807) is 6.92 Å². The Morgan fingerprint density at radius 3 is 2.67 bits per heavy atom. The first-order chi connectivity index (χ1) is 14.3. The van der Waals surface area contributed by atoms with Crippen LogP contribution in [0.4, 0.5) is 4.39 Å². The van der Waals surface area contributed by atoms with E-state index < -0.39 is 11.8 Å². The van der Waals surface area contributed by atoms with Crippen LogP contribution in [0.1, 0.15) is 85.5 Å². The molecule has 4 rings (SSSR count). The summed E-state index contributed by atoms with van der Waals surface area (Å²) in [5.74, 6) is 0.567. The molecule has 1 N–H and O–H groups in total. The predicted molar refractivity (Wildman–Crippen MR) is 116 cm³/mol. The van der Waals surface area contributed by atoms with Gasteiger partial charge in [-0.2, -0.15) is 4.39 Å². The summed E-state index contributed by atoms with van der Waals surface area (Å²) in [6, 6.07) is 0. The number of rotatable bonds is 4. The summed E-state index contributed by atoms with van der Waals surface area (Å²) in [7, 11) is 0. The quantitative estimate of drug-likeness (QED) is 0.340. The number of ether oxygens (including phenoxy) is 1. The molecule has 0 bridgehead atoms. The molecule has 4 heteroatoms. The zero-order valence-electron chi connectivity index (χ0n) is 19.2. The summed E-state index contributed by atoms with van der Waals surface area (Å²) in [4.78, 5) is 12.1. The number of esters is 1. The van der Waals surface area contributed by atoms with Gasteiger partial charge in [0.2, 0.25) is 5.83 Å². The first kappa shape index (κ1) is 22.0. The van der Waals surface area contributed by atoms with Crippen LogP contribution in [0.15, 0.2) is 23.0 Å². The molecule has 0 unspecified atom stereocenters. The molecule has 168 valence electrons. The van der Waals surface area contributed by atoms with Crippen molar-refractivity contribution in [3.8, 4) is 0 Å². The van der Waals surface area contributed by atoms with Crippen LogP contribution in [0.25, 0.3) is 0 Å². The third kappa shape index (κ3) is 3.29. The molecule has 4 aliphatic rings. The highest BCUT2D eigenvalue weighted by molar-refractivity contribution is 5.87. The average Bonchev–Trinajstić information content (AvgIpc) is 3.06. The summed E-state index contributed by atoms with van der Waals surface area (Å²) in [6.45, 7) is 8.78. The van der Waals surface area contributed by atoms with E-state index in [1.807, 2.05) is 0 Å². The zero-order valence-corrected chi connectivity index (χ0v) is 19.2. The van der Waals surface area contributed by atoms with Gasteiger partial charge in [0.05, 0.1) is 12.7 Å². The van der Waals surface area contributed by atoms with Gasteiger partial charge in [-0.05, 0) is 98.4 Å². The molecule has 0 spiro atoms. The number of hydrogen-bond donors (Lipinski definition) is 1. The lowest BCUT2D eigenvalue weighted by Gasteiger charge is -2.58. The van der Waals surface area contributed by atoms with Gasteiger partial charge < -0.3 is 9.84 Å². The van der Waals surface area contributed by atoms with E-state index in [9.17, 15) is 9.90 Å². The minimum atomic E-state index is -0.780. The molecule has 4 aliphatic carbocycles. The molecule has 0 amide bonds. The van der Waals surface area contributed by atoms with Gasteiger partial charge in [0, 0.05) is 0 Å². The molecule has 0 radical (unpaired) electrons. The van der Waals surface area contributed by atoms with Gasteiger partial charge in [0.15, 0.2) is 0 Å². The van der Waals surface area contributed by atoms with Crippen LogP contribution in [0.3, 0.4) is 0 Å². The molecule has 30 heavy (non-hydrogen) atoms. The van der Waals surface area contributed by atoms with Crippen molar-refractivity contribution in [1.29, 1.82) is 0 Å². The van der Waals surface area contributed by atoms with Crippen LogP contribution in [0.5, 0.6) is 0 Å². The van der Waals surface area contributed by atoms with E-state index in [4.69, 9.17) is 4.74 Å². The highest BCUT2D eigenvalue weighted by Crippen LogP contribution is 2.67. The van der Waals surface area contributed by atoms with Crippen LogP contribution in [-0.2, 0) is 9.53 Å². The maximum Gasteiger partial charge on any atom is 0.367 e. The monoisotopic (exact) mass is 418 g/mol. The maximum atomic E-state index is 15.0. The Bertz CT molecular complexity index is 755. The van der Waals surface area contributed by atoms with Crippen molar-refractivity contribution in [2.45, 2.75) is 91.6 Å². The van der Waals surface area contributed by atoms with Crippen molar-refractivity contribution >= 4 is 5.97 Å². The van der Waals surface area contributed by atoms with Crippen molar-refractivity contribution in [1.82, 2.24) is 0 Å². The van der Waals surface area contributed by atoms with Crippen LogP contribution in [0.2, 0.25) is 0 Å². The summed E-state index contributed by atoms with van der Waals surface area (Å²) in [5, 5.41) is 10.7. The first-order valence-electron chi connectivity index (χ1n) is 12.2. The van der Waals surface area contributed by atoms with Crippen molar-refractivity contribution in [3.05, 3.63) is 23.0 Å². The first-order valence-corrected chi connectivity index (χ1v) is 12.2. The van der Waals surface area contributed by atoms with E-state index >= 15 is 4.39 Å². The molecule has 0 heterocycles. The van der Waals surface area contributed by atoms with Crippen LogP contribution in [-0.4, -0.2) is 23.8 Å². The van der Waals surface area contributed by atoms with Gasteiger partial charge in [-0.15, -0.1) is 0 Å². The van der Waals surface area contributed by atoms with E-state index in [0.717, 1.165) is 51.4 Å². The van der Waals surface area contributed by atoms with Crippen molar-refractivity contribution in [3.63, 3.8) is 0 Å². The van der Waals surface area contributed by atoms with Crippen molar-refractivity contribution in [2.75, 3.05) is 6.61 Å². The highest BCUT2D eigenvalue weighted by atomic mass is 19.1. The number of aliphatic hydroxyl groups is 1. The zero-order chi connectivity index (χ0) is 21.7. The fourth-order valence-electron chi connectivity index (χ4n) is 7.98. The second-order valence-electron chi connectivity index (χ2n) is 10.8. The Morgan fingerprint density at radius 2 is 1.97 bits per heavy atom. The molecule has 3 saturated carbocycles. The van der Waals surface area contributed by atoms with Gasteiger partial charge in [0.1, 0.15) is 0 Å². The van der Waals surface area contributed by atoms with Crippen LogP contribution in [0, 0.1) is 34.5 Å². The summed E-state index contributed by atoms with van der Waals surface area (Å²) >= 11 is 0. The lowest BCUT2D eigenvalue weighted by atomic mass is 9.46. The molecule has 3 fully saturated rings. The molecule has 7 atom stereocenters. The van der Waals surface area contributed by atoms with Gasteiger partial charge in [-0.25, -0.2) is 4.79 Å². The largest absolute Gasteiger partial charge is 0.461 e. The second kappa shape index (κ2) is 8.07. The summed E-state index contributed by atoms with van der Waals surface area (Å²) < 4.78 is 20.0. The smallest absolute Gasteiger partial charge is 0.367 e. The highest BCUT2D eigenvalue weighted by Gasteiger charge is 2.58. The van der Waals surface area contributed by atoms with Gasteiger partial charge >= 0.3 is 5.97 Å². The third-order valence-electron chi connectivity index (χ3n) is 9.45. The molecule has 0 saturated heterocycles. The Labute approximate surface area is 181 Å². The molecular weight excluding hydrogens is 379 g/mol. The lowest BCUT2D eigenvalue weighted by molar-refractivity contribution is -0.140. The number of halogens is 1. The fraction of sp³-hybridized carbons (Fsp3) is 0.808. The van der Waals surface area contributed by atoms with Gasteiger partial charge in [-0.3, -0.25) is 0 Å². The van der Waals surface area contributed by atoms with Crippen molar-refractivity contribution < 1.29 is 19.0 Å². The average molecular weight is 419 g/mol. The predicted octanol–water partition coefficient (Wildman–Crippen LogP) is 6.12. The number of fused-ring (bicyclic) bond motifs is 5. The number of aliphatic hydroxyl groups excluding tert-OH is 1. The molecule has 3 nitrogen and oxygen atoms in total. The SMILES string of the molecule is CCC[C@@H]1C[C@@]2(C)C(=CC[C@@H]3[C@@H]2CC[C@]2(C)C(=C(F)C(=O)OCC)CC[C@@H]32)C[C@H]1O. The second-order valence-corrected chi connectivity index (χ2v) is 10.8. The molecule has 0 aromatic heterocycles. The number of carbonyl (C=O) groups is 1. The molecule has 0 aliphatic heterocycles. The minimum absolute atomic E-state index is 0.162. The molecule has 0 aromatic rings. The number of carbonyl (C=O) groups excluding carboxylic acids is 1. The van der Waals surface area contributed by atoms with Gasteiger partial charge in [0.25, 0.3) is 0 Å². The van der Waals surface area contributed by atoms with E-state index in [0.29, 0.717) is 35.7 Å². The lowest BCUT2D eigenvalue weighted by Crippen LogP contribution is -2.51. The molecular formula is C26H39FO3. The van der Waals surface area contributed by atoms with E-state index in [-0.39, 0.29) is 23.5 Å². The number of hydrogen-bond acceptors (Lipinski definition) is 3.